The summed E-state index contributed by atoms with van der Waals surface area (Å²) in [5.41, 5.74) is 0. The van der Waals surface area contributed by atoms with Gasteiger partial charge >= 0.3 is 0 Å². The summed E-state index contributed by atoms with van der Waals surface area (Å²) in [6.07, 6.45) is 6.98. The van der Waals surface area contributed by atoms with Gasteiger partial charge in [-0.2, -0.15) is 0 Å². The molecule has 0 N–H and O–H groups in total. The van der Waals surface area contributed by atoms with Crippen LogP contribution in [0.2, 0.25) is 0 Å². The summed E-state index contributed by atoms with van der Waals surface area (Å²) >= 11 is 5.40. The van der Waals surface area contributed by atoms with Crippen molar-refractivity contribution in [3.05, 3.63) is 24.6 Å². The van der Waals surface area contributed by atoms with Gasteiger partial charge in [-0.25, -0.2) is 5.06 Å². The molecular weight excluding hydrogens is 126 g/mol. The minimum absolute atomic E-state index is 0.362. The molecule has 2 nitrogen and oxygen atoms in total. The van der Waals surface area contributed by atoms with Crippen LogP contribution in [0.5, 0.6) is 0 Å². The molecule has 0 atom stereocenters. The molecule has 0 aliphatic carbocycles. The van der Waals surface area contributed by atoms with E-state index in [0.29, 0.717) is 6.00 Å². The van der Waals surface area contributed by atoms with Crippen LogP contribution >= 0.6 is 11.6 Å². The van der Waals surface area contributed by atoms with E-state index < -0.39 is 0 Å². The van der Waals surface area contributed by atoms with Crippen molar-refractivity contribution in [2.45, 2.75) is 0 Å². The van der Waals surface area contributed by atoms with Gasteiger partial charge in [0.25, 0.3) is 0 Å². The number of hydrogen-bond acceptors (Lipinski definition) is 2. The summed E-state index contributed by atoms with van der Waals surface area (Å²) in [4.78, 5) is 4.86. The third kappa shape index (κ3) is 1.17. The Morgan fingerprint density at radius 1 is 1.50 bits per heavy atom. The average Bonchev–Trinajstić information content (AvgIpc) is 1.90. The fourth-order valence-electron chi connectivity index (χ4n) is 0.408. The molecule has 0 saturated heterocycles. The Morgan fingerprint density at radius 2 is 2.38 bits per heavy atom. The Bertz CT molecular complexity index is 122. The smallest absolute Gasteiger partial charge is 0.129 e. The van der Waals surface area contributed by atoms with Gasteiger partial charge in [0, 0.05) is 6.20 Å². The largest absolute Gasteiger partial charge is 0.387 e. The molecule has 0 saturated carbocycles. The molecule has 0 radical (unpaired) electrons. The number of allylic oxidation sites excluding steroid dienone is 2. The lowest BCUT2D eigenvalue weighted by Crippen LogP contribution is -2.13. The van der Waals surface area contributed by atoms with Crippen LogP contribution in [0.15, 0.2) is 24.6 Å². The van der Waals surface area contributed by atoms with Crippen molar-refractivity contribution in [2.24, 2.45) is 0 Å². The zero-order chi connectivity index (χ0) is 5.82. The van der Waals surface area contributed by atoms with Gasteiger partial charge in [-0.15, -0.1) is 0 Å². The van der Waals surface area contributed by atoms with Crippen LogP contribution in [0.3, 0.4) is 0 Å². The fourth-order valence-corrected chi connectivity index (χ4v) is 0.544. The molecule has 0 spiro atoms. The number of nitrogens with zero attached hydrogens (tertiary/aromatic N) is 1. The molecule has 0 fully saturated rings. The molecule has 44 valence electrons. The third-order valence-electron chi connectivity index (χ3n) is 0.756. The Morgan fingerprint density at radius 3 is 2.75 bits per heavy atom. The Labute approximate surface area is 52.9 Å². The predicted octanol–water partition coefficient (Wildman–Crippen LogP) is 1.46. The minimum Gasteiger partial charge on any atom is -0.387 e. The van der Waals surface area contributed by atoms with Gasteiger partial charge in [-0.3, -0.25) is 0 Å². The van der Waals surface area contributed by atoms with E-state index >= 15 is 0 Å². The molecule has 0 bridgehead atoms. The second-order valence-electron chi connectivity index (χ2n) is 1.31. The van der Waals surface area contributed by atoms with Crippen molar-refractivity contribution in [1.82, 2.24) is 5.06 Å². The number of halogens is 1. The highest BCUT2D eigenvalue weighted by Crippen LogP contribution is 1.99. The fraction of sp³-hybridized carbons (Fsp3) is 0.200. The molecule has 1 aliphatic rings. The lowest BCUT2D eigenvalue weighted by Gasteiger charge is -2.15. The molecule has 0 amide bonds. The second kappa shape index (κ2) is 2.62. The Kier molecular flexibility index (Phi) is 1.80. The highest BCUT2D eigenvalue weighted by atomic mass is 35.5. The number of hydrogen-bond donors (Lipinski definition) is 0. The molecule has 3 heteroatoms. The molecule has 0 aromatic rings. The van der Waals surface area contributed by atoms with Crippen molar-refractivity contribution in [2.75, 3.05) is 6.00 Å². The SMILES string of the molecule is ClCN1C=CC=CO1. The van der Waals surface area contributed by atoms with Gasteiger partial charge in [-0.1, -0.05) is 11.6 Å². The lowest BCUT2D eigenvalue weighted by atomic mass is 10.6. The maximum atomic E-state index is 5.40. The first-order chi connectivity index (χ1) is 3.93. The van der Waals surface area contributed by atoms with Gasteiger partial charge in [0.05, 0.1) is 0 Å². The number of hydroxylamine groups is 2. The second-order valence-corrected chi connectivity index (χ2v) is 1.55. The van der Waals surface area contributed by atoms with E-state index in [4.69, 9.17) is 16.4 Å². The molecule has 0 aromatic carbocycles. The summed E-state index contributed by atoms with van der Waals surface area (Å²) in [6.45, 7) is 0. The van der Waals surface area contributed by atoms with Crippen molar-refractivity contribution >= 4 is 11.6 Å². The topological polar surface area (TPSA) is 12.5 Å². The van der Waals surface area contributed by atoms with Crippen molar-refractivity contribution in [3.63, 3.8) is 0 Å². The third-order valence-corrected chi connectivity index (χ3v) is 0.992. The molecule has 0 aromatic heterocycles. The molecule has 1 aliphatic heterocycles. The summed E-state index contributed by atoms with van der Waals surface area (Å²) in [5, 5.41) is 1.52. The van der Waals surface area contributed by atoms with Crippen LogP contribution in [0, 0.1) is 0 Å². The van der Waals surface area contributed by atoms with Gasteiger partial charge in [0.1, 0.15) is 12.3 Å². The standard InChI is InChI=1S/C5H6ClNO/c6-5-7-3-1-2-4-8-7/h1-4H,5H2. The molecule has 1 heterocycles. The summed E-state index contributed by atoms with van der Waals surface area (Å²) in [6, 6.07) is 0.362. The first-order valence-electron chi connectivity index (χ1n) is 2.26. The Balaban J connectivity index is 2.40. The lowest BCUT2D eigenvalue weighted by molar-refractivity contribution is -0.0424. The van der Waals surface area contributed by atoms with Gasteiger partial charge in [-0.05, 0) is 12.2 Å². The first kappa shape index (κ1) is 5.51. The van der Waals surface area contributed by atoms with E-state index in [0.717, 1.165) is 0 Å². The minimum atomic E-state index is 0.362. The first-order valence-corrected chi connectivity index (χ1v) is 2.79. The maximum Gasteiger partial charge on any atom is 0.129 e. The zero-order valence-corrected chi connectivity index (χ0v) is 5.01. The average molecular weight is 132 g/mol. The highest BCUT2D eigenvalue weighted by Gasteiger charge is 1.94. The van der Waals surface area contributed by atoms with Crippen molar-refractivity contribution < 1.29 is 4.84 Å². The molecule has 8 heavy (non-hydrogen) atoms. The van der Waals surface area contributed by atoms with Gasteiger partial charge in [0.15, 0.2) is 0 Å². The quantitative estimate of drug-likeness (QED) is 0.395. The molecular formula is C5H6ClNO. The molecule has 1 rings (SSSR count). The van der Waals surface area contributed by atoms with Crippen LogP contribution < -0.4 is 0 Å². The molecule has 0 unspecified atom stereocenters. The summed E-state index contributed by atoms with van der Waals surface area (Å²) < 4.78 is 0. The van der Waals surface area contributed by atoms with E-state index in [1.54, 1.807) is 18.5 Å². The highest BCUT2D eigenvalue weighted by molar-refractivity contribution is 6.17. The van der Waals surface area contributed by atoms with Gasteiger partial charge < -0.3 is 4.84 Å². The zero-order valence-electron chi connectivity index (χ0n) is 4.25. The van der Waals surface area contributed by atoms with E-state index in [2.05, 4.69) is 0 Å². The van der Waals surface area contributed by atoms with Crippen LogP contribution in [0.1, 0.15) is 0 Å². The van der Waals surface area contributed by atoms with E-state index in [-0.39, 0.29) is 0 Å². The van der Waals surface area contributed by atoms with Crippen LogP contribution in [0.25, 0.3) is 0 Å². The van der Waals surface area contributed by atoms with E-state index in [9.17, 15) is 0 Å². The van der Waals surface area contributed by atoms with Crippen LogP contribution in [0.4, 0.5) is 0 Å². The Hall–Kier alpha value is -0.630. The maximum absolute atomic E-state index is 5.40. The summed E-state index contributed by atoms with van der Waals surface area (Å²) in [7, 11) is 0. The number of rotatable bonds is 1. The number of alkyl halides is 1. The predicted molar refractivity (Wildman–Crippen MR) is 31.9 cm³/mol. The normalized spacial score (nSPS) is 16.4. The van der Waals surface area contributed by atoms with Crippen LogP contribution in [-0.4, -0.2) is 11.1 Å². The van der Waals surface area contributed by atoms with Gasteiger partial charge in [0.2, 0.25) is 0 Å². The monoisotopic (exact) mass is 131 g/mol. The van der Waals surface area contributed by atoms with Crippen molar-refractivity contribution in [1.29, 1.82) is 0 Å². The van der Waals surface area contributed by atoms with Crippen LogP contribution in [-0.2, 0) is 4.84 Å². The van der Waals surface area contributed by atoms with E-state index in [1.165, 1.54) is 5.06 Å². The van der Waals surface area contributed by atoms with Crippen molar-refractivity contribution in [3.8, 4) is 0 Å². The van der Waals surface area contributed by atoms with E-state index in [1.807, 2.05) is 6.08 Å². The summed E-state index contributed by atoms with van der Waals surface area (Å²) in [5.74, 6) is 0.